The predicted octanol–water partition coefficient (Wildman–Crippen LogP) is 2.46. The lowest BCUT2D eigenvalue weighted by Crippen LogP contribution is -2.45. The van der Waals surface area contributed by atoms with Crippen LogP contribution in [-0.4, -0.2) is 57.9 Å². The Hall–Kier alpha value is -2.48. The molecule has 152 valence electrons. The lowest BCUT2D eigenvalue weighted by atomic mass is 10.2. The summed E-state index contributed by atoms with van der Waals surface area (Å²) < 4.78 is 10.8. The number of nitrogens with one attached hydrogen (secondary N) is 2. The minimum absolute atomic E-state index is 0.338. The molecule has 1 unspecified atom stereocenters. The molecule has 2 N–H and O–H groups in total. The summed E-state index contributed by atoms with van der Waals surface area (Å²) in [7, 11) is 5.16. The largest absolute Gasteiger partial charge is 0.497 e. The predicted molar refractivity (Wildman–Crippen MR) is 115 cm³/mol. The maximum absolute atomic E-state index is 5.39. The number of aryl methyl sites for hydroxylation is 1. The van der Waals surface area contributed by atoms with Crippen molar-refractivity contribution in [1.29, 1.82) is 0 Å². The number of hydrogen-bond acceptors (Lipinski definition) is 6. The Balaban J connectivity index is 1.51. The van der Waals surface area contributed by atoms with E-state index in [1.807, 2.05) is 32.2 Å². The van der Waals surface area contributed by atoms with Crippen molar-refractivity contribution in [2.24, 2.45) is 4.99 Å². The molecule has 2 aromatic rings. The lowest BCUT2D eigenvalue weighted by Gasteiger charge is -2.21. The van der Waals surface area contributed by atoms with Crippen LogP contribution in [0.15, 0.2) is 28.6 Å². The highest BCUT2D eigenvalue weighted by Crippen LogP contribution is 2.30. The molecular formula is C20H29N5O2S. The lowest BCUT2D eigenvalue weighted by molar-refractivity contribution is 0.394. The number of nitrogens with zero attached hydrogens (tertiary/aromatic N) is 3. The number of rotatable bonds is 7. The topological polar surface area (TPSA) is 71.0 Å². The average Bonchev–Trinajstić information content (AvgIpc) is 3.35. The molecule has 0 bridgehead atoms. The zero-order valence-electron chi connectivity index (χ0n) is 17.0. The summed E-state index contributed by atoms with van der Waals surface area (Å²) >= 11 is 1.69. The van der Waals surface area contributed by atoms with Gasteiger partial charge in [-0.05, 0) is 13.3 Å². The first-order chi connectivity index (χ1) is 13.6. The quantitative estimate of drug-likeness (QED) is 0.547. The Kier molecular flexibility index (Phi) is 6.97. The first-order valence-corrected chi connectivity index (χ1v) is 10.4. The molecule has 8 heteroatoms. The van der Waals surface area contributed by atoms with E-state index in [2.05, 4.69) is 30.9 Å². The van der Waals surface area contributed by atoms with Crippen molar-refractivity contribution in [3.63, 3.8) is 0 Å². The second kappa shape index (κ2) is 9.64. The number of thiazole rings is 1. The zero-order valence-corrected chi connectivity index (χ0v) is 17.8. The molecule has 0 amide bonds. The maximum atomic E-state index is 5.39. The first-order valence-electron chi connectivity index (χ1n) is 9.47. The van der Waals surface area contributed by atoms with Crippen molar-refractivity contribution in [2.45, 2.75) is 25.8 Å². The van der Waals surface area contributed by atoms with E-state index < -0.39 is 0 Å². The molecule has 2 heterocycles. The fourth-order valence-electron chi connectivity index (χ4n) is 3.31. The third kappa shape index (κ3) is 5.28. The normalized spacial score (nSPS) is 16.9. The Labute approximate surface area is 170 Å². The average molecular weight is 404 g/mol. The minimum atomic E-state index is 0.338. The highest BCUT2D eigenvalue weighted by molar-refractivity contribution is 7.09. The summed E-state index contributed by atoms with van der Waals surface area (Å²) in [6.45, 7) is 4.73. The number of benzene rings is 1. The molecule has 1 aliphatic rings. The number of aromatic nitrogens is 1. The molecule has 1 atom stereocenters. The fraction of sp³-hybridized carbons (Fsp3) is 0.500. The van der Waals surface area contributed by atoms with Crippen LogP contribution in [0.1, 0.15) is 17.1 Å². The van der Waals surface area contributed by atoms with Gasteiger partial charge in [0.05, 0.1) is 24.9 Å². The number of ether oxygens (including phenoxy) is 2. The molecular weight excluding hydrogens is 374 g/mol. The van der Waals surface area contributed by atoms with Crippen LogP contribution in [0.3, 0.4) is 0 Å². The van der Waals surface area contributed by atoms with Crippen molar-refractivity contribution in [1.82, 2.24) is 15.6 Å². The molecule has 28 heavy (non-hydrogen) atoms. The standard InChI is InChI=1S/C20H29N5O2S/c1-14-23-16(13-28-14)5-7-22-20(21-2)24-15-6-8-25(12-15)17-9-18(26-3)11-19(10-17)27-4/h9-11,13,15H,5-8,12H2,1-4H3,(H2,21,22,24). The molecule has 0 radical (unpaired) electrons. The van der Waals surface area contributed by atoms with E-state index >= 15 is 0 Å². The zero-order chi connectivity index (χ0) is 19.9. The van der Waals surface area contributed by atoms with Crippen LogP contribution in [-0.2, 0) is 6.42 Å². The highest BCUT2D eigenvalue weighted by atomic mass is 32.1. The monoisotopic (exact) mass is 403 g/mol. The summed E-state index contributed by atoms with van der Waals surface area (Å²) in [5, 5.41) is 10.1. The van der Waals surface area contributed by atoms with Crippen LogP contribution >= 0.6 is 11.3 Å². The van der Waals surface area contributed by atoms with Gasteiger partial charge >= 0.3 is 0 Å². The summed E-state index contributed by atoms with van der Waals surface area (Å²) in [6, 6.07) is 6.33. The summed E-state index contributed by atoms with van der Waals surface area (Å²) in [6.07, 6.45) is 1.94. The van der Waals surface area contributed by atoms with Gasteiger partial charge in [-0.2, -0.15) is 0 Å². The van der Waals surface area contributed by atoms with Gasteiger partial charge in [-0.15, -0.1) is 11.3 Å². The van der Waals surface area contributed by atoms with Crippen LogP contribution in [0.25, 0.3) is 0 Å². The highest BCUT2D eigenvalue weighted by Gasteiger charge is 2.24. The van der Waals surface area contributed by atoms with Crippen molar-refractivity contribution in [3.8, 4) is 11.5 Å². The molecule has 0 saturated carbocycles. The van der Waals surface area contributed by atoms with Gasteiger partial charge in [0, 0.05) is 68.4 Å². The van der Waals surface area contributed by atoms with Gasteiger partial charge in [-0.25, -0.2) is 4.98 Å². The van der Waals surface area contributed by atoms with Crippen LogP contribution in [0.5, 0.6) is 11.5 Å². The Morgan fingerprint density at radius 3 is 2.64 bits per heavy atom. The van der Waals surface area contributed by atoms with Crippen molar-refractivity contribution in [3.05, 3.63) is 34.3 Å². The van der Waals surface area contributed by atoms with E-state index in [9.17, 15) is 0 Å². The molecule has 0 spiro atoms. The molecule has 1 aromatic carbocycles. The number of hydrogen-bond donors (Lipinski definition) is 2. The second-order valence-electron chi connectivity index (χ2n) is 6.75. The van der Waals surface area contributed by atoms with Gasteiger partial charge in [0.15, 0.2) is 5.96 Å². The number of guanidine groups is 1. The SMILES string of the molecule is CN=C(NCCc1csc(C)n1)NC1CCN(c2cc(OC)cc(OC)c2)C1. The molecule has 1 aromatic heterocycles. The Bertz CT molecular complexity index is 785. The van der Waals surface area contributed by atoms with Crippen molar-refractivity contribution in [2.75, 3.05) is 45.8 Å². The minimum Gasteiger partial charge on any atom is -0.497 e. The molecule has 3 rings (SSSR count). The van der Waals surface area contributed by atoms with Gasteiger partial charge in [0.1, 0.15) is 11.5 Å². The van der Waals surface area contributed by atoms with Gasteiger partial charge in [0.25, 0.3) is 0 Å². The van der Waals surface area contributed by atoms with Gasteiger partial charge in [-0.3, -0.25) is 4.99 Å². The van der Waals surface area contributed by atoms with E-state index in [-0.39, 0.29) is 0 Å². The Morgan fingerprint density at radius 2 is 2.04 bits per heavy atom. The van der Waals surface area contributed by atoms with E-state index in [4.69, 9.17) is 9.47 Å². The smallest absolute Gasteiger partial charge is 0.191 e. The molecule has 7 nitrogen and oxygen atoms in total. The van der Waals surface area contributed by atoms with Gasteiger partial charge in [-0.1, -0.05) is 0 Å². The van der Waals surface area contributed by atoms with E-state index in [1.165, 1.54) is 0 Å². The molecule has 0 aliphatic carbocycles. The molecule has 1 fully saturated rings. The number of methoxy groups -OCH3 is 2. The summed E-state index contributed by atoms with van der Waals surface area (Å²) in [5.74, 6) is 2.45. The molecule has 1 aliphatic heterocycles. The number of aliphatic imine (C=N–C) groups is 1. The van der Waals surface area contributed by atoms with E-state index in [1.54, 1.807) is 25.6 Å². The van der Waals surface area contributed by atoms with Crippen molar-refractivity contribution >= 4 is 23.0 Å². The van der Waals surface area contributed by atoms with Crippen molar-refractivity contribution < 1.29 is 9.47 Å². The summed E-state index contributed by atoms with van der Waals surface area (Å²) in [4.78, 5) is 11.2. The van der Waals surface area contributed by atoms with Crippen LogP contribution < -0.4 is 25.0 Å². The fourth-order valence-corrected chi connectivity index (χ4v) is 3.95. The van der Waals surface area contributed by atoms with Crippen LogP contribution in [0.2, 0.25) is 0 Å². The molecule has 1 saturated heterocycles. The third-order valence-corrected chi connectivity index (χ3v) is 5.62. The van der Waals surface area contributed by atoms with E-state index in [0.29, 0.717) is 6.04 Å². The van der Waals surface area contributed by atoms with E-state index in [0.717, 1.165) is 66.3 Å². The third-order valence-electron chi connectivity index (χ3n) is 4.79. The maximum Gasteiger partial charge on any atom is 0.191 e. The second-order valence-corrected chi connectivity index (χ2v) is 7.82. The van der Waals surface area contributed by atoms with Gasteiger partial charge < -0.3 is 25.0 Å². The Morgan fingerprint density at radius 1 is 1.29 bits per heavy atom. The van der Waals surface area contributed by atoms with Crippen LogP contribution in [0, 0.1) is 6.92 Å². The van der Waals surface area contributed by atoms with Gasteiger partial charge in [0.2, 0.25) is 0 Å². The van der Waals surface area contributed by atoms with Crippen LogP contribution in [0.4, 0.5) is 5.69 Å². The summed E-state index contributed by atoms with van der Waals surface area (Å²) in [5.41, 5.74) is 2.24. The first kappa shape index (κ1) is 20.3. The number of anilines is 1.